The van der Waals surface area contributed by atoms with Crippen LogP contribution in [-0.2, 0) is 11.3 Å². The Morgan fingerprint density at radius 2 is 2.18 bits per heavy atom. The van der Waals surface area contributed by atoms with Gasteiger partial charge in [0.25, 0.3) is 0 Å². The highest BCUT2D eigenvalue weighted by Gasteiger charge is 2.36. The van der Waals surface area contributed by atoms with Gasteiger partial charge in [0.1, 0.15) is 21.9 Å². The number of benzene rings is 1. The largest absolute Gasteiger partial charge is 0.496 e. The quantitative estimate of drug-likeness (QED) is 0.610. The second kappa shape index (κ2) is 9.33. The van der Waals surface area contributed by atoms with Gasteiger partial charge < -0.3 is 19.9 Å². The first-order valence-electron chi connectivity index (χ1n) is 9.59. The van der Waals surface area contributed by atoms with Gasteiger partial charge in [-0.1, -0.05) is 31.9 Å². The van der Waals surface area contributed by atoms with Crippen molar-refractivity contribution < 1.29 is 9.53 Å². The zero-order valence-corrected chi connectivity index (χ0v) is 18.7. The number of rotatable bonds is 7. The Morgan fingerprint density at radius 1 is 1.43 bits per heavy atom. The van der Waals surface area contributed by atoms with E-state index in [2.05, 4.69) is 40.0 Å². The number of fused-ring (bicyclic) bond motifs is 1. The van der Waals surface area contributed by atoms with Crippen molar-refractivity contribution in [3.05, 3.63) is 34.7 Å². The molecule has 0 saturated carbocycles. The Labute approximate surface area is 180 Å². The number of para-hydroxylation sites is 1. The van der Waals surface area contributed by atoms with Crippen LogP contribution >= 0.6 is 28.6 Å². The van der Waals surface area contributed by atoms with Crippen LogP contribution in [0.2, 0.25) is 0 Å². The summed E-state index contributed by atoms with van der Waals surface area (Å²) in [6.07, 6.45) is 2.92. The molecular weight excluding hydrogens is 440 g/mol. The van der Waals surface area contributed by atoms with Gasteiger partial charge in [0, 0.05) is 24.4 Å². The maximum absolute atomic E-state index is 12.9. The van der Waals surface area contributed by atoms with Crippen molar-refractivity contribution in [3.8, 4) is 17.0 Å². The number of carbonyl (C=O) groups is 1. The van der Waals surface area contributed by atoms with Gasteiger partial charge in [0.2, 0.25) is 5.91 Å². The first-order chi connectivity index (χ1) is 13.5. The Morgan fingerprint density at radius 3 is 2.86 bits per heavy atom. The van der Waals surface area contributed by atoms with Crippen LogP contribution in [0.4, 0.5) is 0 Å². The zero-order valence-electron chi connectivity index (χ0n) is 16.3. The second-order valence-electron chi connectivity index (χ2n) is 6.94. The molecule has 28 heavy (non-hydrogen) atoms. The van der Waals surface area contributed by atoms with E-state index in [-0.39, 0.29) is 11.9 Å². The first-order valence-corrected chi connectivity index (χ1v) is 11.0. The third kappa shape index (κ3) is 3.95. The Hall–Kier alpha value is -1.51. The summed E-state index contributed by atoms with van der Waals surface area (Å²) < 4.78 is 8.60. The van der Waals surface area contributed by atoms with Crippen LogP contribution in [0.1, 0.15) is 38.1 Å². The summed E-state index contributed by atoms with van der Waals surface area (Å²) in [5.74, 6) is 1.95. The van der Waals surface area contributed by atoms with E-state index in [1.165, 1.54) is 0 Å². The summed E-state index contributed by atoms with van der Waals surface area (Å²) in [6.45, 7) is 3.44. The molecule has 6 nitrogen and oxygen atoms in total. The minimum Gasteiger partial charge on any atom is -0.496 e. The zero-order chi connectivity index (χ0) is 20.3. The van der Waals surface area contributed by atoms with Crippen LogP contribution in [0, 0.1) is 0 Å². The highest BCUT2D eigenvalue weighted by Crippen LogP contribution is 2.40. The maximum Gasteiger partial charge on any atom is 0.241 e. The van der Waals surface area contributed by atoms with Crippen molar-refractivity contribution in [1.82, 2.24) is 14.5 Å². The van der Waals surface area contributed by atoms with E-state index in [0.717, 1.165) is 46.7 Å². The lowest BCUT2D eigenvalue weighted by Crippen LogP contribution is -2.50. The molecule has 1 amide bonds. The van der Waals surface area contributed by atoms with E-state index in [1.807, 2.05) is 29.2 Å². The number of carbonyl (C=O) groups excluding carboxylic acids is 1. The Balaban J connectivity index is 2.05. The van der Waals surface area contributed by atoms with E-state index in [0.29, 0.717) is 18.8 Å². The van der Waals surface area contributed by atoms with Gasteiger partial charge in [-0.2, -0.15) is 12.6 Å². The highest BCUT2D eigenvalue weighted by atomic mass is 79.9. The molecule has 0 radical (unpaired) electrons. The molecule has 8 heteroatoms. The Bertz CT molecular complexity index is 842. The lowest BCUT2D eigenvalue weighted by atomic mass is 10.0. The number of thiol groups is 1. The molecule has 2 N–H and O–H groups in total. The van der Waals surface area contributed by atoms with Crippen molar-refractivity contribution in [1.29, 1.82) is 0 Å². The SMILES string of the molecule is CCCC[C@H]1c2nc(-c3ccccc3OC)c(Br)n2CCN1C(=O)[C@@H](N)CS. The van der Waals surface area contributed by atoms with E-state index < -0.39 is 6.04 Å². The number of unbranched alkanes of at least 4 members (excludes halogenated alkanes) is 1. The number of amides is 1. The molecule has 1 aromatic carbocycles. The normalized spacial score (nSPS) is 17.3. The molecule has 0 saturated heterocycles. The van der Waals surface area contributed by atoms with Gasteiger partial charge in [-0.25, -0.2) is 4.98 Å². The fraction of sp³-hybridized carbons (Fsp3) is 0.500. The fourth-order valence-corrected chi connectivity index (χ4v) is 4.49. The second-order valence-corrected chi connectivity index (χ2v) is 8.06. The van der Waals surface area contributed by atoms with Crippen LogP contribution in [0.15, 0.2) is 28.9 Å². The fourth-order valence-electron chi connectivity index (χ4n) is 3.67. The number of ether oxygens (including phenoxy) is 1. The predicted molar refractivity (Wildman–Crippen MR) is 118 cm³/mol. The summed E-state index contributed by atoms with van der Waals surface area (Å²) in [7, 11) is 1.66. The summed E-state index contributed by atoms with van der Waals surface area (Å²) in [5.41, 5.74) is 7.77. The third-order valence-corrected chi connectivity index (χ3v) is 6.36. The molecule has 2 heterocycles. The van der Waals surface area contributed by atoms with E-state index >= 15 is 0 Å². The molecule has 1 aliphatic rings. The van der Waals surface area contributed by atoms with E-state index in [1.54, 1.807) is 7.11 Å². The molecular formula is C20H27BrN4O2S. The number of hydrogen-bond acceptors (Lipinski definition) is 5. The summed E-state index contributed by atoms with van der Waals surface area (Å²) >= 11 is 7.94. The van der Waals surface area contributed by atoms with Gasteiger partial charge in [-0.05, 0) is 34.5 Å². The molecule has 0 spiro atoms. The molecule has 1 aliphatic heterocycles. The van der Waals surface area contributed by atoms with Crippen LogP contribution < -0.4 is 10.5 Å². The summed E-state index contributed by atoms with van der Waals surface area (Å²) in [6, 6.07) is 7.15. The van der Waals surface area contributed by atoms with Gasteiger partial charge in [0.05, 0.1) is 19.2 Å². The maximum atomic E-state index is 12.9. The van der Waals surface area contributed by atoms with Crippen LogP contribution in [0.25, 0.3) is 11.3 Å². The van der Waals surface area contributed by atoms with Crippen molar-refractivity contribution in [3.63, 3.8) is 0 Å². The molecule has 1 aromatic heterocycles. The third-order valence-electron chi connectivity index (χ3n) is 5.16. The number of imidazole rings is 1. The minimum absolute atomic E-state index is 0.0553. The van der Waals surface area contributed by atoms with Gasteiger partial charge >= 0.3 is 0 Å². The predicted octanol–water partition coefficient (Wildman–Crippen LogP) is 3.65. The number of aromatic nitrogens is 2. The van der Waals surface area contributed by atoms with E-state index in [4.69, 9.17) is 15.5 Å². The van der Waals surface area contributed by atoms with Crippen LogP contribution in [0.3, 0.4) is 0 Å². The standard InChI is InChI=1S/C20H27BrN4O2S/c1-3-4-8-15-19-23-17(13-7-5-6-9-16(13)27-2)18(21)25(19)11-10-24(15)20(26)14(22)12-28/h5-7,9,14-15,28H,3-4,8,10-12,22H2,1-2H3/t14-,15-/m0/s1. The molecule has 3 rings (SSSR count). The molecule has 0 fully saturated rings. The molecule has 0 unspecified atom stereocenters. The average Bonchev–Trinajstić information content (AvgIpc) is 3.07. The van der Waals surface area contributed by atoms with Crippen LogP contribution in [0.5, 0.6) is 5.75 Å². The number of methoxy groups -OCH3 is 1. The topological polar surface area (TPSA) is 73.4 Å². The number of nitrogens with two attached hydrogens (primary N) is 1. The number of hydrogen-bond donors (Lipinski definition) is 2. The average molecular weight is 467 g/mol. The lowest BCUT2D eigenvalue weighted by Gasteiger charge is -2.37. The summed E-state index contributed by atoms with van der Waals surface area (Å²) in [5, 5.41) is 0. The molecule has 2 aromatic rings. The number of nitrogens with zero attached hydrogens (tertiary/aromatic N) is 3. The van der Waals surface area contributed by atoms with Gasteiger partial charge in [-0.15, -0.1) is 0 Å². The van der Waals surface area contributed by atoms with Crippen molar-refractivity contribution in [2.24, 2.45) is 5.73 Å². The smallest absolute Gasteiger partial charge is 0.241 e. The lowest BCUT2D eigenvalue weighted by molar-refractivity contribution is -0.136. The van der Waals surface area contributed by atoms with Crippen molar-refractivity contribution >= 4 is 34.5 Å². The van der Waals surface area contributed by atoms with E-state index in [9.17, 15) is 4.79 Å². The monoisotopic (exact) mass is 466 g/mol. The minimum atomic E-state index is -0.592. The molecule has 0 bridgehead atoms. The molecule has 0 aliphatic carbocycles. The highest BCUT2D eigenvalue weighted by molar-refractivity contribution is 9.10. The van der Waals surface area contributed by atoms with Gasteiger partial charge in [-0.3, -0.25) is 4.79 Å². The van der Waals surface area contributed by atoms with Gasteiger partial charge in [0.15, 0.2) is 0 Å². The van der Waals surface area contributed by atoms with Crippen molar-refractivity contribution in [2.45, 2.75) is 44.8 Å². The Kier molecular flexibility index (Phi) is 7.06. The molecule has 152 valence electrons. The molecule has 2 atom stereocenters. The van der Waals surface area contributed by atoms with Crippen molar-refractivity contribution in [2.75, 3.05) is 19.4 Å². The first kappa shape index (κ1) is 21.2. The van der Waals surface area contributed by atoms with Crippen LogP contribution in [-0.4, -0.2) is 45.8 Å². The number of halogens is 1. The summed E-state index contributed by atoms with van der Waals surface area (Å²) in [4.78, 5) is 19.7.